The number of phenolic OH excluding ortho intramolecular Hbond substituents is 1. The molecule has 3 aromatic carbocycles. The number of benzene rings is 3. The van der Waals surface area contributed by atoms with Crippen LogP contribution in [-0.2, 0) is 15.3 Å². The van der Waals surface area contributed by atoms with Gasteiger partial charge in [0, 0.05) is 20.8 Å². The Labute approximate surface area is 233 Å². The second-order valence-corrected chi connectivity index (χ2v) is 11.5. The van der Waals surface area contributed by atoms with Gasteiger partial charge < -0.3 is 10.2 Å². The fourth-order valence-corrected chi connectivity index (χ4v) is 6.30. The molecule has 1 fully saturated rings. The van der Waals surface area contributed by atoms with E-state index in [4.69, 9.17) is 11.6 Å². The van der Waals surface area contributed by atoms with Crippen LogP contribution in [0.15, 0.2) is 87.2 Å². The second kappa shape index (κ2) is 10.7. The van der Waals surface area contributed by atoms with Crippen molar-refractivity contribution in [3.05, 3.63) is 105 Å². The number of amides is 1. The zero-order valence-corrected chi connectivity index (χ0v) is 22.8. The maximum absolute atomic E-state index is 13.3. The van der Waals surface area contributed by atoms with E-state index in [0.29, 0.717) is 26.2 Å². The van der Waals surface area contributed by atoms with Crippen LogP contribution in [0.3, 0.4) is 0 Å². The molecule has 1 aliphatic rings. The van der Waals surface area contributed by atoms with E-state index < -0.39 is 17.7 Å². The topological polar surface area (TPSA) is 104 Å². The van der Waals surface area contributed by atoms with Gasteiger partial charge >= 0.3 is 5.91 Å². The Morgan fingerprint density at radius 1 is 1.03 bits per heavy atom. The third kappa shape index (κ3) is 5.15. The monoisotopic (exact) mass is 613 g/mol. The van der Waals surface area contributed by atoms with Crippen molar-refractivity contribution in [1.82, 2.24) is 10.2 Å². The summed E-state index contributed by atoms with van der Waals surface area (Å²) >= 11 is 12.2. The summed E-state index contributed by atoms with van der Waals surface area (Å²) in [6.45, 7) is 0. The number of aromatic hydroxyl groups is 1. The molecule has 1 amide bonds. The fraction of sp³-hybridized carbons (Fsp3) is 0.0769. The van der Waals surface area contributed by atoms with Gasteiger partial charge in [-0.1, -0.05) is 93.1 Å². The van der Waals surface area contributed by atoms with Crippen molar-refractivity contribution in [3.8, 4) is 5.75 Å². The van der Waals surface area contributed by atoms with Crippen LogP contribution in [-0.4, -0.2) is 32.1 Å². The predicted molar refractivity (Wildman–Crippen MR) is 148 cm³/mol. The number of Topliss-reactive ketones (excluding diaryl/α,β-unsaturated/α-hetero) is 1. The van der Waals surface area contributed by atoms with Crippen LogP contribution in [0.25, 0.3) is 5.76 Å². The normalized spacial score (nSPS) is 16.9. The first-order valence-electron chi connectivity index (χ1n) is 10.9. The van der Waals surface area contributed by atoms with E-state index in [1.54, 1.807) is 36.4 Å². The Morgan fingerprint density at radius 2 is 1.73 bits per heavy atom. The summed E-state index contributed by atoms with van der Waals surface area (Å²) in [6.07, 6.45) is 0. The SMILES string of the molecule is O=C1C(=O)N(c2nnc(SCc3ccccc3Cl)s2)C(c2ccc(O)cc2)/C1=C(/O)c1ccc(Br)cc1. The molecule has 0 radical (unpaired) electrons. The van der Waals surface area contributed by atoms with E-state index in [-0.39, 0.29) is 22.2 Å². The average Bonchev–Trinajstić information content (AvgIpc) is 3.46. The van der Waals surface area contributed by atoms with Gasteiger partial charge in [-0.05, 0) is 41.5 Å². The molecule has 186 valence electrons. The van der Waals surface area contributed by atoms with Gasteiger partial charge in [-0.3, -0.25) is 14.5 Å². The first-order chi connectivity index (χ1) is 17.8. The van der Waals surface area contributed by atoms with Crippen molar-refractivity contribution in [2.45, 2.75) is 16.1 Å². The number of phenols is 1. The maximum Gasteiger partial charge on any atom is 0.301 e. The minimum absolute atomic E-state index is 0.0304. The van der Waals surface area contributed by atoms with Crippen molar-refractivity contribution in [2.24, 2.45) is 0 Å². The van der Waals surface area contributed by atoms with Crippen molar-refractivity contribution in [1.29, 1.82) is 0 Å². The summed E-state index contributed by atoms with van der Waals surface area (Å²) in [5.74, 6) is -1.38. The van der Waals surface area contributed by atoms with Crippen molar-refractivity contribution < 1.29 is 19.8 Å². The molecule has 11 heteroatoms. The van der Waals surface area contributed by atoms with Gasteiger partial charge in [0.25, 0.3) is 5.78 Å². The van der Waals surface area contributed by atoms with Crippen LogP contribution in [0, 0.1) is 0 Å². The third-order valence-corrected chi connectivity index (χ3v) is 8.68. The van der Waals surface area contributed by atoms with Crippen LogP contribution in [0.1, 0.15) is 22.7 Å². The first-order valence-corrected chi connectivity index (χ1v) is 13.9. The number of anilines is 1. The smallest absolute Gasteiger partial charge is 0.301 e. The molecule has 2 N–H and O–H groups in total. The molecule has 1 unspecified atom stereocenters. The first kappa shape index (κ1) is 25.5. The van der Waals surface area contributed by atoms with Crippen LogP contribution in [0.4, 0.5) is 5.13 Å². The lowest BCUT2D eigenvalue weighted by atomic mass is 9.95. The summed E-state index contributed by atoms with van der Waals surface area (Å²) in [7, 11) is 0. The predicted octanol–water partition coefficient (Wildman–Crippen LogP) is 6.58. The number of hydrogen-bond donors (Lipinski definition) is 2. The Hall–Kier alpha value is -3.18. The molecule has 5 rings (SSSR count). The molecule has 4 aromatic rings. The number of carbonyl (C=O) groups is 2. The van der Waals surface area contributed by atoms with Gasteiger partial charge in [0.1, 0.15) is 11.5 Å². The molecule has 2 heterocycles. The number of nitrogens with zero attached hydrogens (tertiary/aromatic N) is 3. The lowest BCUT2D eigenvalue weighted by molar-refractivity contribution is -0.132. The largest absolute Gasteiger partial charge is 0.508 e. The molecule has 1 aliphatic heterocycles. The zero-order valence-electron chi connectivity index (χ0n) is 18.8. The van der Waals surface area contributed by atoms with E-state index in [1.807, 2.05) is 24.3 Å². The highest BCUT2D eigenvalue weighted by Crippen LogP contribution is 2.44. The molecule has 0 bridgehead atoms. The summed E-state index contributed by atoms with van der Waals surface area (Å²) in [4.78, 5) is 27.8. The number of hydrogen-bond acceptors (Lipinski definition) is 8. The van der Waals surface area contributed by atoms with E-state index in [9.17, 15) is 19.8 Å². The van der Waals surface area contributed by atoms with Crippen molar-refractivity contribution in [2.75, 3.05) is 4.90 Å². The van der Waals surface area contributed by atoms with E-state index in [1.165, 1.54) is 28.8 Å². The van der Waals surface area contributed by atoms with Gasteiger partial charge in [-0.25, -0.2) is 0 Å². The van der Waals surface area contributed by atoms with Gasteiger partial charge in [0.2, 0.25) is 5.13 Å². The molecule has 0 saturated carbocycles. The van der Waals surface area contributed by atoms with Crippen LogP contribution >= 0.6 is 50.6 Å². The van der Waals surface area contributed by atoms with Crippen molar-refractivity contribution >= 4 is 73.2 Å². The van der Waals surface area contributed by atoms with E-state index in [0.717, 1.165) is 21.4 Å². The fourth-order valence-electron chi connectivity index (χ4n) is 3.88. The summed E-state index contributed by atoms with van der Waals surface area (Å²) < 4.78 is 1.39. The minimum Gasteiger partial charge on any atom is -0.508 e. The molecular weight excluding hydrogens is 598 g/mol. The lowest BCUT2D eigenvalue weighted by Crippen LogP contribution is -2.29. The third-order valence-electron chi connectivity index (χ3n) is 5.68. The number of halogens is 2. The highest BCUT2D eigenvalue weighted by molar-refractivity contribution is 9.10. The lowest BCUT2D eigenvalue weighted by Gasteiger charge is -2.22. The van der Waals surface area contributed by atoms with E-state index in [2.05, 4.69) is 26.1 Å². The molecule has 0 spiro atoms. The van der Waals surface area contributed by atoms with Gasteiger partial charge in [-0.2, -0.15) is 0 Å². The Bertz CT molecular complexity index is 1520. The molecule has 1 atom stereocenters. The summed E-state index contributed by atoms with van der Waals surface area (Å²) in [5, 5.41) is 30.2. The number of aliphatic hydroxyl groups excluding tert-OH is 1. The molecule has 1 saturated heterocycles. The Balaban J connectivity index is 1.54. The van der Waals surface area contributed by atoms with E-state index >= 15 is 0 Å². The van der Waals surface area contributed by atoms with Crippen molar-refractivity contribution in [3.63, 3.8) is 0 Å². The number of ketones is 1. The van der Waals surface area contributed by atoms with Crippen LogP contribution in [0.2, 0.25) is 5.02 Å². The average molecular weight is 615 g/mol. The highest BCUT2D eigenvalue weighted by Gasteiger charge is 2.48. The minimum atomic E-state index is -0.960. The Morgan fingerprint density at radius 3 is 2.43 bits per heavy atom. The van der Waals surface area contributed by atoms with Gasteiger partial charge in [0.15, 0.2) is 4.34 Å². The van der Waals surface area contributed by atoms with Crippen LogP contribution < -0.4 is 4.90 Å². The molecule has 37 heavy (non-hydrogen) atoms. The molecule has 7 nitrogen and oxygen atoms in total. The number of aliphatic hydroxyl groups is 1. The number of carbonyl (C=O) groups excluding carboxylic acids is 2. The maximum atomic E-state index is 13.3. The second-order valence-electron chi connectivity index (χ2n) is 8.00. The number of rotatable bonds is 6. The Kier molecular flexibility index (Phi) is 7.34. The quantitative estimate of drug-likeness (QED) is 0.0832. The standard InChI is InChI=1S/C26H17BrClN3O4S2/c27-17-9-5-15(6-10-17)22(33)20-21(14-7-11-18(32)12-8-14)31(24(35)23(20)34)25-29-30-26(37-25)36-13-16-3-1-2-4-19(16)28/h1-12,21,32-33H,13H2/b22-20-. The van der Waals surface area contributed by atoms with Gasteiger partial charge in [0.05, 0.1) is 11.6 Å². The van der Waals surface area contributed by atoms with Gasteiger partial charge in [-0.15, -0.1) is 10.2 Å². The number of thioether (sulfide) groups is 1. The molecule has 0 aliphatic carbocycles. The summed E-state index contributed by atoms with van der Waals surface area (Å²) in [6, 6.07) is 19.4. The highest BCUT2D eigenvalue weighted by atomic mass is 79.9. The van der Waals surface area contributed by atoms with Crippen LogP contribution in [0.5, 0.6) is 5.75 Å². The zero-order chi connectivity index (χ0) is 26.1. The number of aromatic nitrogens is 2. The summed E-state index contributed by atoms with van der Waals surface area (Å²) in [5.41, 5.74) is 1.78. The molecular formula is C26H17BrClN3O4S2. The molecule has 1 aromatic heterocycles.